The van der Waals surface area contributed by atoms with Gasteiger partial charge in [-0.25, -0.2) is 13.1 Å². The van der Waals surface area contributed by atoms with E-state index in [0.29, 0.717) is 25.5 Å². The van der Waals surface area contributed by atoms with Crippen molar-refractivity contribution < 1.29 is 17.9 Å². The van der Waals surface area contributed by atoms with Crippen LogP contribution in [0.25, 0.3) is 0 Å². The predicted molar refractivity (Wildman–Crippen MR) is 75.4 cm³/mol. The van der Waals surface area contributed by atoms with Gasteiger partial charge in [-0.2, -0.15) is 0 Å². The molecule has 6 nitrogen and oxygen atoms in total. The van der Waals surface area contributed by atoms with E-state index in [1.165, 1.54) is 0 Å². The Morgan fingerprint density at radius 1 is 1.30 bits per heavy atom. The van der Waals surface area contributed by atoms with E-state index in [1.807, 2.05) is 0 Å². The SMILES string of the molecule is COCCOc1ccc(S(=O)(=O)N[C@H]2CCNC2)cc1. The Morgan fingerprint density at radius 3 is 2.65 bits per heavy atom. The van der Waals surface area contributed by atoms with Crippen molar-refractivity contribution in [3.8, 4) is 5.75 Å². The van der Waals surface area contributed by atoms with E-state index in [-0.39, 0.29) is 10.9 Å². The highest BCUT2D eigenvalue weighted by atomic mass is 32.2. The van der Waals surface area contributed by atoms with Crippen LogP contribution in [0, 0.1) is 0 Å². The third kappa shape index (κ3) is 4.17. The van der Waals surface area contributed by atoms with Gasteiger partial charge in [0.2, 0.25) is 10.0 Å². The molecule has 1 aliphatic heterocycles. The summed E-state index contributed by atoms with van der Waals surface area (Å²) in [5, 5.41) is 3.13. The third-order valence-corrected chi connectivity index (χ3v) is 4.61. The maximum atomic E-state index is 12.2. The highest BCUT2D eigenvalue weighted by molar-refractivity contribution is 7.89. The van der Waals surface area contributed by atoms with E-state index < -0.39 is 10.0 Å². The Labute approximate surface area is 119 Å². The van der Waals surface area contributed by atoms with Crippen molar-refractivity contribution in [1.29, 1.82) is 0 Å². The number of sulfonamides is 1. The molecule has 1 heterocycles. The van der Waals surface area contributed by atoms with E-state index in [0.717, 1.165) is 13.0 Å². The van der Waals surface area contributed by atoms with Gasteiger partial charge in [0.05, 0.1) is 11.5 Å². The van der Waals surface area contributed by atoms with E-state index >= 15 is 0 Å². The zero-order valence-corrected chi connectivity index (χ0v) is 12.3. The second kappa shape index (κ2) is 7.03. The molecular formula is C13H20N2O4S. The first-order valence-corrected chi connectivity index (χ1v) is 8.05. The summed E-state index contributed by atoms with van der Waals surface area (Å²) in [4.78, 5) is 0.253. The van der Waals surface area contributed by atoms with Gasteiger partial charge in [0, 0.05) is 19.7 Å². The summed E-state index contributed by atoms with van der Waals surface area (Å²) in [6.07, 6.45) is 0.817. The lowest BCUT2D eigenvalue weighted by molar-refractivity contribution is 0.146. The van der Waals surface area contributed by atoms with Crippen molar-refractivity contribution in [2.24, 2.45) is 0 Å². The average molecular weight is 300 g/mol. The molecule has 1 aromatic rings. The normalized spacial score (nSPS) is 19.1. The van der Waals surface area contributed by atoms with Gasteiger partial charge < -0.3 is 14.8 Å². The smallest absolute Gasteiger partial charge is 0.240 e. The molecule has 20 heavy (non-hydrogen) atoms. The van der Waals surface area contributed by atoms with Crippen LogP contribution in [0.2, 0.25) is 0 Å². The Morgan fingerprint density at radius 2 is 2.05 bits per heavy atom. The summed E-state index contributed by atoms with van der Waals surface area (Å²) in [6, 6.07) is 6.37. The summed E-state index contributed by atoms with van der Waals surface area (Å²) in [7, 11) is -1.86. The fourth-order valence-electron chi connectivity index (χ4n) is 2.00. The number of benzene rings is 1. The lowest BCUT2D eigenvalue weighted by Crippen LogP contribution is -2.36. The van der Waals surface area contributed by atoms with Gasteiger partial charge in [0.15, 0.2) is 0 Å². The van der Waals surface area contributed by atoms with Crippen molar-refractivity contribution in [3.63, 3.8) is 0 Å². The number of rotatable bonds is 7. The number of ether oxygens (including phenoxy) is 2. The molecule has 0 amide bonds. The predicted octanol–water partition coefficient (Wildman–Crippen LogP) is 0.352. The highest BCUT2D eigenvalue weighted by Gasteiger charge is 2.22. The Kier molecular flexibility index (Phi) is 5.36. The number of methoxy groups -OCH3 is 1. The first-order valence-electron chi connectivity index (χ1n) is 6.56. The Hall–Kier alpha value is -1.15. The summed E-state index contributed by atoms with van der Waals surface area (Å²) in [6.45, 7) is 2.46. The molecule has 112 valence electrons. The molecule has 1 aromatic carbocycles. The van der Waals surface area contributed by atoms with Gasteiger partial charge >= 0.3 is 0 Å². The van der Waals surface area contributed by atoms with Crippen LogP contribution in [0.15, 0.2) is 29.2 Å². The van der Waals surface area contributed by atoms with E-state index in [4.69, 9.17) is 9.47 Å². The van der Waals surface area contributed by atoms with E-state index in [9.17, 15) is 8.42 Å². The van der Waals surface area contributed by atoms with Crippen LogP contribution in [0.4, 0.5) is 0 Å². The molecule has 7 heteroatoms. The summed E-state index contributed by atoms with van der Waals surface area (Å²) >= 11 is 0. The van der Waals surface area contributed by atoms with Gasteiger partial charge in [-0.3, -0.25) is 0 Å². The number of hydrogen-bond donors (Lipinski definition) is 2. The Balaban J connectivity index is 1.97. The standard InChI is InChI=1S/C13H20N2O4S/c1-18-8-9-19-12-2-4-13(5-3-12)20(16,17)15-11-6-7-14-10-11/h2-5,11,14-15H,6-10H2,1H3/t11-/m0/s1. The van der Waals surface area contributed by atoms with Gasteiger partial charge in [0.1, 0.15) is 12.4 Å². The first-order chi connectivity index (χ1) is 9.62. The van der Waals surface area contributed by atoms with Crippen LogP contribution in [0.5, 0.6) is 5.75 Å². The quantitative estimate of drug-likeness (QED) is 0.711. The average Bonchev–Trinajstić information content (AvgIpc) is 2.92. The minimum absolute atomic E-state index is 0.0300. The lowest BCUT2D eigenvalue weighted by Gasteiger charge is -2.12. The maximum Gasteiger partial charge on any atom is 0.240 e. The van der Waals surface area contributed by atoms with Crippen LogP contribution < -0.4 is 14.8 Å². The Bertz CT molecular complexity index is 510. The minimum atomic E-state index is -3.46. The second-order valence-corrected chi connectivity index (χ2v) is 6.34. The van der Waals surface area contributed by atoms with Crippen molar-refractivity contribution >= 4 is 10.0 Å². The molecule has 2 N–H and O–H groups in total. The monoisotopic (exact) mass is 300 g/mol. The van der Waals surface area contributed by atoms with E-state index in [1.54, 1.807) is 31.4 Å². The molecule has 2 rings (SSSR count). The molecule has 0 aliphatic carbocycles. The van der Waals surface area contributed by atoms with Crippen LogP contribution in [0.1, 0.15) is 6.42 Å². The lowest BCUT2D eigenvalue weighted by atomic mass is 10.3. The van der Waals surface area contributed by atoms with Crippen molar-refractivity contribution in [2.45, 2.75) is 17.4 Å². The highest BCUT2D eigenvalue weighted by Crippen LogP contribution is 2.16. The zero-order chi connectivity index (χ0) is 14.4. The zero-order valence-electron chi connectivity index (χ0n) is 11.5. The van der Waals surface area contributed by atoms with E-state index in [2.05, 4.69) is 10.0 Å². The van der Waals surface area contributed by atoms with Crippen molar-refractivity contribution in [2.75, 3.05) is 33.4 Å². The van der Waals surface area contributed by atoms with Gasteiger partial charge in [0.25, 0.3) is 0 Å². The summed E-state index contributed by atoms with van der Waals surface area (Å²) in [5.41, 5.74) is 0. The maximum absolute atomic E-state index is 12.2. The summed E-state index contributed by atoms with van der Waals surface area (Å²) in [5.74, 6) is 0.628. The molecule has 0 spiro atoms. The second-order valence-electron chi connectivity index (χ2n) is 4.62. The molecule has 0 saturated carbocycles. The molecule has 0 unspecified atom stereocenters. The number of nitrogens with one attached hydrogen (secondary N) is 2. The van der Waals surface area contributed by atoms with Gasteiger partial charge in [-0.15, -0.1) is 0 Å². The van der Waals surface area contributed by atoms with Crippen LogP contribution in [-0.4, -0.2) is 47.9 Å². The van der Waals surface area contributed by atoms with Crippen LogP contribution in [-0.2, 0) is 14.8 Å². The van der Waals surface area contributed by atoms with Crippen molar-refractivity contribution in [1.82, 2.24) is 10.0 Å². The van der Waals surface area contributed by atoms with Gasteiger partial charge in [-0.05, 0) is 37.2 Å². The molecule has 0 bridgehead atoms. The molecular weight excluding hydrogens is 280 g/mol. The topological polar surface area (TPSA) is 76.7 Å². The molecule has 0 aromatic heterocycles. The fraction of sp³-hybridized carbons (Fsp3) is 0.538. The number of hydrogen-bond acceptors (Lipinski definition) is 5. The van der Waals surface area contributed by atoms with Crippen LogP contribution >= 0.6 is 0 Å². The minimum Gasteiger partial charge on any atom is -0.491 e. The van der Waals surface area contributed by atoms with Gasteiger partial charge in [-0.1, -0.05) is 0 Å². The third-order valence-electron chi connectivity index (χ3n) is 3.07. The van der Waals surface area contributed by atoms with Crippen LogP contribution in [0.3, 0.4) is 0 Å². The summed E-state index contributed by atoms with van der Waals surface area (Å²) < 4.78 is 37.3. The first kappa shape index (κ1) is 15.2. The molecule has 1 saturated heterocycles. The fourth-order valence-corrected chi connectivity index (χ4v) is 3.27. The molecule has 1 fully saturated rings. The molecule has 1 atom stereocenters. The largest absolute Gasteiger partial charge is 0.491 e. The van der Waals surface area contributed by atoms with Crippen molar-refractivity contribution in [3.05, 3.63) is 24.3 Å². The molecule has 1 aliphatic rings. The molecule has 0 radical (unpaired) electrons.